The van der Waals surface area contributed by atoms with Gasteiger partial charge in [0.1, 0.15) is 18.2 Å². The summed E-state index contributed by atoms with van der Waals surface area (Å²) >= 11 is 0. The van der Waals surface area contributed by atoms with Gasteiger partial charge in [0.15, 0.2) is 11.5 Å². The second kappa shape index (κ2) is 6.27. The molecule has 1 aliphatic heterocycles. The number of nitrogens with zero attached hydrogens (tertiary/aromatic N) is 9. The predicted molar refractivity (Wildman–Crippen MR) is 87.5 cm³/mol. The summed E-state index contributed by atoms with van der Waals surface area (Å²) in [7, 11) is 0. The number of aromatic nitrogens is 7. The van der Waals surface area contributed by atoms with Crippen molar-refractivity contribution in [3.8, 4) is 11.9 Å². The lowest BCUT2D eigenvalue weighted by atomic mass is 10.1. The summed E-state index contributed by atoms with van der Waals surface area (Å²) in [5.41, 5.74) is -0.306. The second-order valence-corrected chi connectivity index (χ2v) is 6.00. The first-order chi connectivity index (χ1) is 13.0. The number of hydrogen-bond donors (Lipinski definition) is 0. The Morgan fingerprint density at radius 2 is 1.93 bits per heavy atom. The van der Waals surface area contributed by atoms with Crippen LogP contribution in [0.1, 0.15) is 18.5 Å². The van der Waals surface area contributed by atoms with E-state index in [1.165, 1.54) is 39.1 Å². The van der Waals surface area contributed by atoms with Crippen LogP contribution in [0.3, 0.4) is 0 Å². The Morgan fingerprint density at radius 1 is 1.19 bits per heavy atom. The molecular formula is C15H13F2N9O. The lowest BCUT2D eigenvalue weighted by Crippen LogP contribution is -2.40. The number of rotatable bonds is 3. The van der Waals surface area contributed by atoms with Crippen LogP contribution in [0.5, 0.6) is 0 Å². The normalized spacial score (nSPS) is 16.3. The number of hydrogen-bond acceptors (Lipinski definition) is 7. The second-order valence-electron chi connectivity index (χ2n) is 6.00. The van der Waals surface area contributed by atoms with E-state index in [0.717, 1.165) is 0 Å². The van der Waals surface area contributed by atoms with E-state index in [9.17, 15) is 13.6 Å². The fourth-order valence-electron chi connectivity index (χ4n) is 2.84. The van der Waals surface area contributed by atoms with Crippen LogP contribution < -0.4 is 10.5 Å². The summed E-state index contributed by atoms with van der Waals surface area (Å²) < 4.78 is 28.0. The van der Waals surface area contributed by atoms with Crippen LogP contribution in [0.2, 0.25) is 0 Å². The molecule has 3 aromatic rings. The summed E-state index contributed by atoms with van der Waals surface area (Å²) in [6, 6.07) is 4.70. The molecule has 0 N–H and O–H groups in total. The average Bonchev–Trinajstić information content (AvgIpc) is 3.28. The minimum Gasteiger partial charge on any atom is -0.356 e. The van der Waals surface area contributed by atoms with Crippen LogP contribution in [0.4, 0.5) is 14.6 Å². The Labute approximate surface area is 150 Å². The number of alkyl halides is 2. The quantitative estimate of drug-likeness (QED) is 0.655. The molecule has 1 aliphatic rings. The number of piperidine rings is 1. The molecule has 0 aliphatic carbocycles. The van der Waals surface area contributed by atoms with Gasteiger partial charge in [-0.05, 0) is 5.21 Å². The molecule has 0 atom stereocenters. The Balaban J connectivity index is 1.70. The van der Waals surface area contributed by atoms with E-state index in [-0.39, 0.29) is 43.0 Å². The first kappa shape index (κ1) is 16.8. The minimum absolute atomic E-state index is 0.0836. The lowest BCUT2D eigenvalue weighted by molar-refractivity contribution is -0.0221. The summed E-state index contributed by atoms with van der Waals surface area (Å²) in [4.78, 5) is 24.8. The Kier molecular flexibility index (Phi) is 3.91. The molecule has 4 rings (SSSR count). The van der Waals surface area contributed by atoms with Gasteiger partial charge in [0.05, 0.1) is 12.4 Å². The lowest BCUT2D eigenvalue weighted by Gasteiger charge is -2.32. The Bertz CT molecular complexity index is 1070. The predicted octanol–water partition coefficient (Wildman–Crippen LogP) is 0.439. The van der Waals surface area contributed by atoms with Gasteiger partial charge in [0.25, 0.3) is 11.5 Å². The summed E-state index contributed by atoms with van der Waals surface area (Å²) in [6.07, 6.45) is 3.56. The Hall–Kier alpha value is -3.62. The van der Waals surface area contributed by atoms with Crippen molar-refractivity contribution in [2.24, 2.45) is 0 Å². The molecular weight excluding hydrogens is 360 g/mol. The van der Waals surface area contributed by atoms with Gasteiger partial charge in [-0.15, -0.1) is 9.89 Å². The molecule has 0 radical (unpaired) electrons. The highest BCUT2D eigenvalue weighted by atomic mass is 19.3. The van der Waals surface area contributed by atoms with E-state index in [1.54, 1.807) is 11.0 Å². The van der Waals surface area contributed by atoms with Gasteiger partial charge >= 0.3 is 0 Å². The van der Waals surface area contributed by atoms with Crippen LogP contribution in [-0.4, -0.2) is 53.6 Å². The van der Waals surface area contributed by atoms with Gasteiger partial charge in [-0.2, -0.15) is 14.7 Å². The zero-order valence-electron chi connectivity index (χ0n) is 13.9. The van der Waals surface area contributed by atoms with E-state index in [2.05, 4.69) is 20.3 Å². The molecule has 0 spiro atoms. The molecule has 0 bridgehead atoms. The first-order valence-electron chi connectivity index (χ1n) is 8.06. The van der Waals surface area contributed by atoms with Crippen molar-refractivity contribution in [1.29, 1.82) is 5.26 Å². The van der Waals surface area contributed by atoms with Crippen molar-refractivity contribution in [2.75, 3.05) is 18.0 Å². The maximum Gasteiger partial charge on any atom is 0.274 e. The molecule has 27 heavy (non-hydrogen) atoms. The van der Waals surface area contributed by atoms with Crippen molar-refractivity contribution < 1.29 is 8.78 Å². The van der Waals surface area contributed by atoms with Crippen molar-refractivity contribution >= 4 is 5.82 Å². The average molecular weight is 373 g/mol. The van der Waals surface area contributed by atoms with E-state index >= 15 is 0 Å². The van der Waals surface area contributed by atoms with Gasteiger partial charge < -0.3 is 4.90 Å². The van der Waals surface area contributed by atoms with E-state index < -0.39 is 5.92 Å². The fraction of sp³-hybridized carbons (Fsp3) is 0.333. The molecule has 3 aromatic heterocycles. The van der Waals surface area contributed by atoms with Gasteiger partial charge in [0.2, 0.25) is 0 Å². The van der Waals surface area contributed by atoms with Gasteiger partial charge in [0, 0.05) is 38.1 Å². The zero-order chi connectivity index (χ0) is 19.0. The highest BCUT2D eigenvalue weighted by molar-refractivity contribution is 5.43. The maximum atomic E-state index is 13.4. The smallest absolute Gasteiger partial charge is 0.274 e. The van der Waals surface area contributed by atoms with Crippen LogP contribution >= 0.6 is 0 Å². The molecule has 0 saturated carbocycles. The fourth-order valence-corrected chi connectivity index (χ4v) is 2.84. The molecule has 1 saturated heterocycles. The number of halogens is 2. The Morgan fingerprint density at radius 3 is 2.63 bits per heavy atom. The number of nitriles is 1. The monoisotopic (exact) mass is 373 g/mol. The topological polar surface area (TPSA) is 110 Å². The highest BCUT2D eigenvalue weighted by Gasteiger charge is 2.34. The summed E-state index contributed by atoms with van der Waals surface area (Å²) in [5.74, 6) is -1.98. The third-order valence-electron chi connectivity index (χ3n) is 4.24. The summed E-state index contributed by atoms with van der Waals surface area (Å²) in [5, 5.41) is 16.3. The van der Waals surface area contributed by atoms with Crippen LogP contribution in [-0.2, 0) is 0 Å². The number of anilines is 1. The molecule has 4 heterocycles. The van der Waals surface area contributed by atoms with Gasteiger partial charge in [-0.25, -0.2) is 18.7 Å². The standard InChI is InChI=1S/C15H13F2N9O/c16-15(17)2-5-23(6-3-15)12-7-13(20-10-19-12)26-14(27)1-4-25(26)24-9-11(8-18)21-22-24/h1,4,7,9-10H,2-3,5-6H2. The van der Waals surface area contributed by atoms with Gasteiger partial charge in [-0.1, -0.05) is 0 Å². The van der Waals surface area contributed by atoms with Crippen LogP contribution in [0.25, 0.3) is 5.82 Å². The highest BCUT2D eigenvalue weighted by Crippen LogP contribution is 2.29. The third kappa shape index (κ3) is 3.14. The molecule has 138 valence electrons. The zero-order valence-corrected chi connectivity index (χ0v) is 13.9. The SMILES string of the molecule is N#Cc1cn(-n2ccc(=O)n2-c2cc(N3CCC(F)(F)CC3)ncn2)nn1. The molecule has 10 nitrogen and oxygen atoms in total. The first-order valence-corrected chi connectivity index (χ1v) is 8.06. The molecule has 0 unspecified atom stereocenters. The minimum atomic E-state index is -2.66. The molecule has 0 aromatic carbocycles. The van der Waals surface area contributed by atoms with Crippen LogP contribution in [0.15, 0.2) is 35.6 Å². The van der Waals surface area contributed by atoms with Gasteiger partial charge in [-0.3, -0.25) is 4.79 Å². The molecule has 12 heteroatoms. The van der Waals surface area contributed by atoms with Crippen LogP contribution in [0, 0.1) is 11.3 Å². The van der Waals surface area contributed by atoms with Crippen molar-refractivity contribution in [3.63, 3.8) is 0 Å². The van der Waals surface area contributed by atoms with E-state index in [0.29, 0.717) is 5.82 Å². The maximum absolute atomic E-state index is 13.4. The van der Waals surface area contributed by atoms with E-state index in [4.69, 9.17) is 5.26 Å². The van der Waals surface area contributed by atoms with Crippen molar-refractivity contribution in [1.82, 2.24) is 34.5 Å². The largest absolute Gasteiger partial charge is 0.356 e. The van der Waals surface area contributed by atoms with E-state index in [1.807, 2.05) is 6.07 Å². The van der Waals surface area contributed by atoms with Crippen molar-refractivity contribution in [2.45, 2.75) is 18.8 Å². The molecule has 0 amide bonds. The molecule has 1 fully saturated rings. The summed E-state index contributed by atoms with van der Waals surface area (Å²) in [6.45, 7) is 0.321. The van der Waals surface area contributed by atoms with Crippen molar-refractivity contribution in [3.05, 3.63) is 46.9 Å². The third-order valence-corrected chi connectivity index (χ3v) is 4.24.